The summed E-state index contributed by atoms with van der Waals surface area (Å²) in [5, 5.41) is 3.30. The van der Waals surface area contributed by atoms with Crippen LogP contribution in [0.2, 0.25) is 0 Å². The number of nitrogens with one attached hydrogen (secondary N) is 1. The number of carbonyl (C=O) groups excluding carboxylic acids is 1. The molecule has 4 heteroatoms. The quantitative estimate of drug-likeness (QED) is 0.845. The highest BCUT2D eigenvalue weighted by atomic mass is 16.1. The Hall–Kier alpha value is -1.39. The summed E-state index contributed by atoms with van der Waals surface area (Å²) in [4.78, 5) is 14.2. The Morgan fingerprint density at radius 3 is 2.37 bits per heavy atom. The first-order valence-corrected chi connectivity index (χ1v) is 6.94. The summed E-state index contributed by atoms with van der Waals surface area (Å²) < 4.78 is 0. The van der Waals surface area contributed by atoms with Gasteiger partial charge in [0, 0.05) is 26.2 Å². The Morgan fingerprint density at radius 2 is 1.89 bits per heavy atom. The number of primary amides is 1. The van der Waals surface area contributed by atoms with E-state index in [1.165, 1.54) is 5.56 Å². The van der Waals surface area contributed by atoms with Crippen molar-refractivity contribution in [2.75, 3.05) is 26.2 Å². The molecule has 1 aliphatic heterocycles. The lowest BCUT2D eigenvalue weighted by Gasteiger charge is -2.41. The number of nitrogens with zero attached hydrogens (tertiary/aromatic N) is 1. The average molecular weight is 261 g/mol. The van der Waals surface area contributed by atoms with E-state index >= 15 is 0 Å². The van der Waals surface area contributed by atoms with Gasteiger partial charge in [-0.05, 0) is 24.5 Å². The monoisotopic (exact) mass is 261 g/mol. The predicted molar refractivity (Wildman–Crippen MR) is 76.8 cm³/mol. The molecule has 0 aliphatic carbocycles. The largest absolute Gasteiger partial charge is 0.368 e. The van der Waals surface area contributed by atoms with Gasteiger partial charge in [0.15, 0.2) is 0 Å². The topological polar surface area (TPSA) is 58.4 Å². The van der Waals surface area contributed by atoms with Gasteiger partial charge in [-0.15, -0.1) is 0 Å². The maximum atomic E-state index is 12.0. The zero-order valence-corrected chi connectivity index (χ0v) is 11.8. The molecule has 1 aromatic carbocycles. The van der Waals surface area contributed by atoms with Crippen LogP contribution in [0.5, 0.6) is 0 Å². The summed E-state index contributed by atoms with van der Waals surface area (Å²) in [6.07, 6.45) is 1.00. The Labute approximate surface area is 115 Å². The molecule has 4 nitrogen and oxygen atoms in total. The van der Waals surface area contributed by atoms with Gasteiger partial charge in [0.05, 0.1) is 0 Å². The minimum absolute atomic E-state index is 0.279. The van der Waals surface area contributed by atoms with Crippen LogP contribution in [0, 0.1) is 0 Å². The fraction of sp³-hybridized carbons (Fsp3) is 0.533. The van der Waals surface area contributed by atoms with E-state index in [1.54, 1.807) is 0 Å². The molecule has 1 atom stereocenters. The van der Waals surface area contributed by atoms with Gasteiger partial charge < -0.3 is 11.1 Å². The molecule has 19 heavy (non-hydrogen) atoms. The van der Waals surface area contributed by atoms with Crippen LogP contribution in [0.25, 0.3) is 0 Å². The second-order valence-corrected chi connectivity index (χ2v) is 5.22. The van der Waals surface area contributed by atoms with E-state index in [0.717, 1.165) is 38.2 Å². The molecular weight excluding hydrogens is 238 g/mol. The summed E-state index contributed by atoms with van der Waals surface area (Å²) in [7, 11) is 0. The summed E-state index contributed by atoms with van der Waals surface area (Å²) in [5.74, 6) is -0.279. The molecule has 104 valence electrons. The molecule has 1 heterocycles. The first-order valence-electron chi connectivity index (χ1n) is 6.94. The number of rotatable bonds is 4. The minimum Gasteiger partial charge on any atom is -0.368 e. The van der Waals surface area contributed by atoms with Crippen molar-refractivity contribution in [3.05, 3.63) is 35.4 Å². The lowest BCUT2D eigenvalue weighted by Crippen LogP contribution is -2.58. The third-order valence-electron chi connectivity index (χ3n) is 4.15. The van der Waals surface area contributed by atoms with E-state index in [4.69, 9.17) is 5.73 Å². The third-order valence-corrected chi connectivity index (χ3v) is 4.15. The van der Waals surface area contributed by atoms with Crippen molar-refractivity contribution in [2.24, 2.45) is 5.73 Å². The van der Waals surface area contributed by atoms with Gasteiger partial charge in [-0.2, -0.15) is 0 Å². The molecular formula is C15H23N3O. The van der Waals surface area contributed by atoms with E-state index in [2.05, 4.69) is 29.3 Å². The molecule has 1 aliphatic rings. The lowest BCUT2D eigenvalue weighted by molar-refractivity contribution is -0.130. The van der Waals surface area contributed by atoms with Crippen molar-refractivity contribution in [3.63, 3.8) is 0 Å². The van der Waals surface area contributed by atoms with Crippen LogP contribution in [0.1, 0.15) is 25.0 Å². The smallest absolute Gasteiger partial charge is 0.242 e. The molecule has 1 unspecified atom stereocenters. The van der Waals surface area contributed by atoms with Crippen LogP contribution in [0.3, 0.4) is 0 Å². The molecule has 3 N–H and O–H groups in total. The van der Waals surface area contributed by atoms with E-state index in [9.17, 15) is 4.79 Å². The highest BCUT2D eigenvalue weighted by Gasteiger charge is 2.39. The number of nitrogens with two attached hydrogens (primary N) is 1. The van der Waals surface area contributed by atoms with Crippen LogP contribution in [0.15, 0.2) is 24.3 Å². The van der Waals surface area contributed by atoms with Crippen molar-refractivity contribution in [3.8, 4) is 0 Å². The standard InChI is InChI=1S/C15H23N3O/c1-3-12-4-6-13(7-5-12)15(2,14(16)19)18-10-8-17-9-11-18/h4-7,17H,3,8-11H2,1-2H3,(H2,16,19). The summed E-state index contributed by atoms with van der Waals surface area (Å²) >= 11 is 0. The molecule has 1 saturated heterocycles. The number of carbonyl (C=O) groups is 1. The van der Waals surface area contributed by atoms with E-state index < -0.39 is 5.54 Å². The van der Waals surface area contributed by atoms with E-state index in [-0.39, 0.29) is 5.91 Å². The van der Waals surface area contributed by atoms with Gasteiger partial charge in [-0.3, -0.25) is 9.69 Å². The van der Waals surface area contributed by atoms with Gasteiger partial charge in [0.1, 0.15) is 5.54 Å². The second-order valence-electron chi connectivity index (χ2n) is 5.22. The third kappa shape index (κ3) is 2.65. The van der Waals surface area contributed by atoms with Gasteiger partial charge >= 0.3 is 0 Å². The van der Waals surface area contributed by atoms with Crippen LogP contribution in [-0.2, 0) is 16.8 Å². The van der Waals surface area contributed by atoms with E-state index in [0.29, 0.717) is 0 Å². The van der Waals surface area contributed by atoms with Gasteiger partial charge in [-0.25, -0.2) is 0 Å². The predicted octanol–water partition coefficient (Wildman–Crippen LogP) is 0.855. The molecule has 0 radical (unpaired) electrons. The van der Waals surface area contributed by atoms with Crippen molar-refractivity contribution in [1.29, 1.82) is 0 Å². The van der Waals surface area contributed by atoms with Gasteiger partial charge in [-0.1, -0.05) is 31.2 Å². The minimum atomic E-state index is -0.714. The Bertz CT molecular complexity index is 437. The highest BCUT2D eigenvalue weighted by Crippen LogP contribution is 2.28. The van der Waals surface area contributed by atoms with Gasteiger partial charge in [0.2, 0.25) is 5.91 Å². The maximum absolute atomic E-state index is 12.0. The fourth-order valence-electron chi connectivity index (χ4n) is 2.66. The summed E-state index contributed by atoms with van der Waals surface area (Å²) in [6, 6.07) is 8.23. The zero-order chi connectivity index (χ0) is 13.9. The van der Waals surface area contributed by atoms with Crippen LogP contribution in [0.4, 0.5) is 0 Å². The average Bonchev–Trinajstić information content (AvgIpc) is 2.47. The van der Waals surface area contributed by atoms with Crippen molar-refractivity contribution in [1.82, 2.24) is 10.2 Å². The fourth-order valence-corrected chi connectivity index (χ4v) is 2.66. The second kappa shape index (κ2) is 5.72. The Balaban J connectivity index is 2.33. The Kier molecular flexibility index (Phi) is 4.22. The first kappa shape index (κ1) is 14.0. The highest BCUT2D eigenvalue weighted by molar-refractivity contribution is 5.85. The lowest BCUT2D eigenvalue weighted by atomic mass is 9.88. The maximum Gasteiger partial charge on any atom is 0.242 e. The van der Waals surface area contributed by atoms with Crippen LogP contribution < -0.4 is 11.1 Å². The molecule has 1 amide bonds. The number of benzene rings is 1. The van der Waals surface area contributed by atoms with Gasteiger partial charge in [0.25, 0.3) is 0 Å². The van der Waals surface area contributed by atoms with Crippen molar-refractivity contribution >= 4 is 5.91 Å². The molecule has 2 rings (SSSR count). The molecule has 0 aromatic heterocycles. The molecule has 0 saturated carbocycles. The summed E-state index contributed by atoms with van der Waals surface area (Å²) in [5.41, 5.74) is 7.25. The summed E-state index contributed by atoms with van der Waals surface area (Å²) in [6.45, 7) is 7.54. The van der Waals surface area contributed by atoms with E-state index in [1.807, 2.05) is 19.1 Å². The van der Waals surface area contributed by atoms with Crippen molar-refractivity contribution < 1.29 is 4.79 Å². The zero-order valence-electron chi connectivity index (χ0n) is 11.8. The molecule has 1 fully saturated rings. The Morgan fingerprint density at radius 1 is 1.32 bits per heavy atom. The van der Waals surface area contributed by atoms with Crippen molar-refractivity contribution in [2.45, 2.75) is 25.8 Å². The first-order chi connectivity index (χ1) is 9.09. The normalized spacial score (nSPS) is 19.9. The molecule has 0 spiro atoms. The van der Waals surface area contributed by atoms with Crippen LogP contribution in [-0.4, -0.2) is 37.0 Å². The number of piperazine rings is 1. The number of aryl methyl sites for hydroxylation is 1. The molecule has 1 aromatic rings. The SMILES string of the molecule is CCc1ccc(C(C)(C(N)=O)N2CCNCC2)cc1. The molecule has 0 bridgehead atoms. The number of amides is 1. The van der Waals surface area contributed by atoms with Crippen LogP contribution >= 0.6 is 0 Å². The number of hydrogen-bond donors (Lipinski definition) is 2. The number of hydrogen-bond acceptors (Lipinski definition) is 3.